The lowest BCUT2D eigenvalue weighted by Crippen LogP contribution is -2.55. The summed E-state index contributed by atoms with van der Waals surface area (Å²) in [7, 11) is -6.85. The summed E-state index contributed by atoms with van der Waals surface area (Å²) in [4.78, 5) is 2.54. The van der Waals surface area contributed by atoms with E-state index in [9.17, 15) is 39.2 Å². The summed E-state index contributed by atoms with van der Waals surface area (Å²) in [5.41, 5.74) is 0. The number of rotatable bonds is 8. The molecule has 0 spiro atoms. The third-order valence-corrected chi connectivity index (χ3v) is 3.57. The monoisotopic (exact) mass is 393 g/mol. The zero-order chi connectivity index (χ0) is 19.8. The Morgan fingerprint density at radius 1 is 0.792 bits per heavy atom. The van der Waals surface area contributed by atoms with Crippen LogP contribution in [0.25, 0.3) is 0 Å². The van der Waals surface area contributed by atoms with Crippen LogP contribution in [0.15, 0.2) is 0 Å². The molecule has 12 heteroatoms. The molecule has 0 saturated heterocycles. The Balaban J connectivity index is 0. The summed E-state index contributed by atoms with van der Waals surface area (Å²) in [6, 6.07) is 0. The zero-order valence-electron chi connectivity index (χ0n) is 13.5. The average molecular weight is 393 g/mol. The molecule has 24 heavy (non-hydrogen) atoms. The number of hydrogen-bond donors (Lipinski definition) is 1. The van der Waals surface area contributed by atoms with Crippen LogP contribution >= 0.6 is 0 Å². The minimum absolute atomic E-state index is 1.28. The molecule has 0 bridgehead atoms. The lowest BCUT2D eigenvalue weighted by atomic mass is 10.3. The largest absolute Gasteiger partial charge is 0.461 e. The van der Waals surface area contributed by atoms with Crippen LogP contribution in [0.5, 0.6) is 0 Å². The van der Waals surface area contributed by atoms with E-state index in [1.54, 1.807) is 0 Å². The number of alkyl halides is 7. The smallest absolute Gasteiger partial charge is 0.303 e. The first kappa shape index (κ1) is 25.6. The van der Waals surface area contributed by atoms with Gasteiger partial charge in [-0.05, 0) is 38.9 Å². The Hall–Kier alpha value is -0.620. The summed E-state index contributed by atoms with van der Waals surface area (Å²) in [5.74, 6) is -6.85. The zero-order valence-corrected chi connectivity index (χ0v) is 14.3. The van der Waals surface area contributed by atoms with Crippen LogP contribution in [0.2, 0.25) is 0 Å². The molecule has 0 aromatic carbocycles. The summed E-state index contributed by atoms with van der Waals surface area (Å²) < 4.78 is 108. The molecule has 0 unspecified atom stereocenters. The van der Waals surface area contributed by atoms with Gasteiger partial charge in [-0.3, -0.25) is 4.55 Å². The van der Waals surface area contributed by atoms with Gasteiger partial charge in [0.25, 0.3) is 0 Å². The van der Waals surface area contributed by atoms with Gasteiger partial charge in [0.05, 0.1) is 0 Å². The highest BCUT2D eigenvalue weighted by Gasteiger charge is 2.78. The SMILES string of the molecule is CCCN(CCC)CCC.O=S(=O)(O)C(F)(F)C(F)(F)C(F)(F)F. The van der Waals surface area contributed by atoms with E-state index < -0.39 is 27.5 Å². The summed E-state index contributed by atoms with van der Waals surface area (Å²) in [5, 5.41) is -6.61. The minimum Gasteiger partial charge on any atom is -0.303 e. The highest BCUT2D eigenvalue weighted by Crippen LogP contribution is 2.48. The van der Waals surface area contributed by atoms with E-state index >= 15 is 0 Å². The Labute approximate surface area is 136 Å². The van der Waals surface area contributed by atoms with Gasteiger partial charge in [-0.25, -0.2) is 0 Å². The van der Waals surface area contributed by atoms with Gasteiger partial charge in [0.15, 0.2) is 0 Å². The molecule has 0 rings (SSSR count). The third kappa shape index (κ3) is 7.09. The van der Waals surface area contributed by atoms with Gasteiger partial charge in [0.2, 0.25) is 0 Å². The second kappa shape index (κ2) is 9.76. The molecular formula is C12H22F7NO3S. The molecule has 1 N–H and O–H groups in total. The van der Waals surface area contributed by atoms with Gasteiger partial charge < -0.3 is 4.90 Å². The molecular weight excluding hydrogens is 371 g/mol. The molecule has 0 radical (unpaired) electrons. The summed E-state index contributed by atoms with van der Waals surface area (Å²) >= 11 is 0. The van der Waals surface area contributed by atoms with Crippen LogP contribution in [0.1, 0.15) is 40.0 Å². The van der Waals surface area contributed by atoms with Crippen molar-refractivity contribution < 1.29 is 43.7 Å². The first-order valence-electron chi connectivity index (χ1n) is 7.11. The van der Waals surface area contributed by atoms with Gasteiger partial charge in [0.1, 0.15) is 0 Å². The summed E-state index contributed by atoms with van der Waals surface area (Å²) in [6.07, 6.45) is -2.91. The standard InChI is InChI=1S/C9H21N.C3HF7O3S/c1-4-7-10(8-5-2)9-6-3;4-1(5,2(6,7)8)3(9,10)14(11,12)13/h4-9H2,1-3H3;(H,11,12,13). The molecule has 0 aliphatic rings. The lowest BCUT2D eigenvalue weighted by molar-refractivity contribution is -0.333. The number of hydrogen-bond acceptors (Lipinski definition) is 3. The Morgan fingerprint density at radius 2 is 1.08 bits per heavy atom. The van der Waals surface area contributed by atoms with Crippen molar-refractivity contribution in [2.24, 2.45) is 0 Å². The van der Waals surface area contributed by atoms with E-state index in [-0.39, 0.29) is 0 Å². The van der Waals surface area contributed by atoms with E-state index in [1.165, 1.54) is 38.9 Å². The highest BCUT2D eigenvalue weighted by molar-refractivity contribution is 7.87. The Bertz CT molecular complexity index is 438. The number of nitrogens with zero attached hydrogens (tertiary/aromatic N) is 1. The van der Waals surface area contributed by atoms with Gasteiger partial charge >= 0.3 is 27.5 Å². The number of halogens is 7. The molecule has 0 aromatic rings. The molecule has 0 aliphatic heterocycles. The second-order valence-corrected chi connectivity index (χ2v) is 6.37. The lowest BCUT2D eigenvalue weighted by Gasteiger charge is -2.25. The van der Waals surface area contributed by atoms with Crippen molar-refractivity contribution in [1.82, 2.24) is 4.90 Å². The van der Waals surface area contributed by atoms with Gasteiger partial charge in [-0.15, -0.1) is 0 Å². The fraction of sp³-hybridized carbons (Fsp3) is 1.00. The van der Waals surface area contributed by atoms with Crippen molar-refractivity contribution >= 4 is 10.1 Å². The van der Waals surface area contributed by atoms with Crippen molar-refractivity contribution in [2.45, 2.75) is 57.4 Å². The molecule has 0 heterocycles. The topological polar surface area (TPSA) is 57.6 Å². The van der Waals surface area contributed by atoms with Crippen LogP contribution in [0, 0.1) is 0 Å². The Kier molecular flexibility index (Phi) is 10.4. The first-order chi connectivity index (χ1) is 10.6. The fourth-order valence-corrected chi connectivity index (χ4v) is 2.05. The van der Waals surface area contributed by atoms with Gasteiger partial charge in [0, 0.05) is 0 Å². The van der Waals surface area contributed by atoms with Crippen LogP contribution in [-0.2, 0) is 10.1 Å². The third-order valence-electron chi connectivity index (χ3n) is 2.67. The van der Waals surface area contributed by atoms with Crippen molar-refractivity contribution in [2.75, 3.05) is 19.6 Å². The van der Waals surface area contributed by atoms with Crippen LogP contribution < -0.4 is 0 Å². The van der Waals surface area contributed by atoms with Crippen LogP contribution in [0.3, 0.4) is 0 Å². The fourth-order valence-electron chi connectivity index (χ4n) is 1.61. The molecule has 0 aliphatic carbocycles. The van der Waals surface area contributed by atoms with Crippen molar-refractivity contribution in [3.8, 4) is 0 Å². The van der Waals surface area contributed by atoms with Crippen molar-refractivity contribution in [1.29, 1.82) is 0 Å². The van der Waals surface area contributed by atoms with E-state index in [0.717, 1.165) is 0 Å². The molecule has 0 atom stereocenters. The van der Waals surface area contributed by atoms with E-state index in [0.29, 0.717) is 0 Å². The Morgan fingerprint density at radius 3 is 1.21 bits per heavy atom. The molecule has 0 aromatic heterocycles. The van der Waals surface area contributed by atoms with E-state index in [1.807, 2.05) is 0 Å². The minimum atomic E-state index is -6.85. The molecule has 0 amide bonds. The maximum absolute atomic E-state index is 11.9. The summed E-state index contributed by atoms with van der Waals surface area (Å²) in [6.45, 7) is 10.6. The van der Waals surface area contributed by atoms with E-state index in [2.05, 4.69) is 25.7 Å². The average Bonchev–Trinajstić information content (AvgIpc) is 2.37. The quantitative estimate of drug-likeness (QED) is 0.497. The van der Waals surface area contributed by atoms with Gasteiger partial charge in [-0.2, -0.15) is 39.2 Å². The van der Waals surface area contributed by atoms with Gasteiger partial charge in [-0.1, -0.05) is 20.8 Å². The predicted molar refractivity (Wildman–Crippen MR) is 74.8 cm³/mol. The van der Waals surface area contributed by atoms with Crippen molar-refractivity contribution in [3.05, 3.63) is 0 Å². The van der Waals surface area contributed by atoms with Crippen LogP contribution in [0.4, 0.5) is 30.7 Å². The predicted octanol–water partition coefficient (Wildman–Crippen LogP) is 4.18. The highest BCUT2D eigenvalue weighted by atomic mass is 32.2. The normalized spacial score (nSPS) is 13.7. The molecule has 148 valence electrons. The maximum atomic E-state index is 11.9. The van der Waals surface area contributed by atoms with E-state index in [4.69, 9.17) is 4.55 Å². The maximum Gasteiger partial charge on any atom is 0.461 e. The molecule has 0 fully saturated rings. The first-order valence-corrected chi connectivity index (χ1v) is 8.55. The van der Waals surface area contributed by atoms with Crippen LogP contribution in [-0.4, -0.2) is 54.9 Å². The second-order valence-electron chi connectivity index (χ2n) is 4.91. The molecule has 4 nitrogen and oxygen atoms in total. The van der Waals surface area contributed by atoms with Crippen molar-refractivity contribution in [3.63, 3.8) is 0 Å². The molecule has 0 saturated carbocycles.